The van der Waals surface area contributed by atoms with Crippen molar-refractivity contribution in [2.24, 2.45) is 5.92 Å². The van der Waals surface area contributed by atoms with E-state index >= 15 is 0 Å². The molecule has 2 aliphatic heterocycles. The summed E-state index contributed by atoms with van der Waals surface area (Å²) < 4.78 is 7.21. The van der Waals surface area contributed by atoms with Gasteiger partial charge in [-0.15, -0.1) is 0 Å². The SMILES string of the molecule is O=C(C[C@@H]1CCOC1)N1CCC(O)(Cn2ccnc2)CC1. The number of rotatable bonds is 4. The maximum atomic E-state index is 12.3. The van der Waals surface area contributed by atoms with Crippen molar-refractivity contribution in [3.05, 3.63) is 18.7 Å². The molecule has 3 rings (SSSR count). The fourth-order valence-electron chi connectivity index (χ4n) is 3.17. The Labute approximate surface area is 124 Å². The molecule has 0 spiro atoms. The minimum atomic E-state index is -0.728. The van der Waals surface area contributed by atoms with Crippen LogP contribution in [0.15, 0.2) is 18.7 Å². The number of aliphatic hydroxyl groups is 1. The van der Waals surface area contributed by atoms with Crippen LogP contribution < -0.4 is 0 Å². The second-order valence-electron chi connectivity index (χ2n) is 6.27. The van der Waals surface area contributed by atoms with E-state index in [9.17, 15) is 9.90 Å². The predicted octanol–water partition coefficient (Wildman–Crippen LogP) is 0.663. The van der Waals surface area contributed by atoms with E-state index in [2.05, 4.69) is 4.98 Å². The van der Waals surface area contributed by atoms with Crippen LogP contribution in [-0.2, 0) is 16.1 Å². The molecular weight excluding hydrogens is 270 g/mol. The minimum absolute atomic E-state index is 0.204. The van der Waals surface area contributed by atoms with Gasteiger partial charge in [-0.2, -0.15) is 0 Å². The van der Waals surface area contributed by atoms with Crippen molar-refractivity contribution in [1.82, 2.24) is 14.5 Å². The van der Waals surface area contributed by atoms with Crippen molar-refractivity contribution in [2.45, 2.75) is 37.8 Å². The van der Waals surface area contributed by atoms with Gasteiger partial charge < -0.3 is 19.3 Å². The number of likely N-dealkylation sites (tertiary alicyclic amines) is 1. The molecule has 2 fully saturated rings. The molecule has 21 heavy (non-hydrogen) atoms. The molecular formula is C15H23N3O3. The van der Waals surface area contributed by atoms with Gasteiger partial charge in [0, 0.05) is 45.1 Å². The summed E-state index contributed by atoms with van der Waals surface area (Å²) in [6, 6.07) is 0. The van der Waals surface area contributed by atoms with E-state index in [0.717, 1.165) is 13.0 Å². The molecule has 116 valence electrons. The molecule has 0 aromatic carbocycles. The maximum absolute atomic E-state index is 12.3. The van der Waals surface area contributed by atoms with Gasteiger partial charge in [-0.1, -0.05) is 0 Å². The molecule has 0 unspecified atom stereocenters. The Hall–Kier alpha value is -1.40. The largest absolute Gasteiger partial charge is 0.388 e. The lowest BCUT2D eigenvalue weighted by Gasteiger charge is -2.38. The maximum Gasteiger partial charge on any atom is 0.222 e. The highest BCUT2D eigenvalue weighted by atomic mass is 16.5. The Kier molecular flexibility index (Phi) is 4.26. The highest BCUT2D eigenvalue weighted by Crippen LogP contribution is 2.26. The Balaban J connectivity index is 1.48. The van der Waals surface area contributed by atoms with Crippen molar-refractivity contribution in [3.8, 4) is 0 Å². The third-order valence-corrected chi connectivity index (χ3v) is 4.57. The first-order chi connectivity index (χ1) is 10.1. The lowest BCUT2D eigenvalue weighted by molar-refractivity contribution is -0.136. The summed E-state index contributed by atoms with van der Waals surface area (Å²) >= 11 is 0. The number of aromatic nitrogens is 2. The van der Waals surface area contributed by atoms with Crippen LogP contribution in [0, 0.1) is 5.92 Å². The van der Waals surface area contributed by atoms with E-state index in [1.54, 1.807) is 12.5 Å². The molecule has 0 aliphatic carbocycles. The molecule has 2 saturated heterocycles. The zero-order valence-corrected chi connectivity index (χ0v) is 12.3. The smallest absolute Gasteiger partial charge is 0.222 e. The Morgan fingerprint density at radius 3 is 2.86 bits per heavy atom. The normalized spacial score (nSPS) is 25.2. The summed E-state index contributed by atoms with van der Waals surface area (Å²) in [7, 11) is 0. The number of carbonyl (C=O) groups is 1. The van der Waals surface area contributed by atoms with E-state index in [0.29, 0.717) is 51.4 Å². The molecule has 3 heterocycles. The molecule has 1 atom stereocenters. The van der Waals surface area contributed by atoms with Crippen LogP contribution in [0.3, 0.4) is 0 Å². The van der Waals surface area contributed by atoms with E-state index < -0.39 is 5.60 Å². The van der Waals surface area contributed by atoms with E-state index in [-0.39, 0.29) is 5.91 Å². The van der Waals surface area contributed by atoms with Crippen LogP contribution in [-0.4, -0.2) is 57.4 Å². The second-order valence-corrected chi connectivity index (χ2v) is 6.27. The van der Waals surface area contributed by atoms with Crippen LogP contribution in [0.1, 0.15) is 25.7 Å². The van der Waals surface area contributed by atoms with Crippen molar-refractivity contribution < 1.29 is 14.6 Å². The summed E-state index contributed by atoms with van der Waals surface area (Å²) in [4.78, 5) is 18.1. The van der Waals surface area contributed by atoms with Gasteiger partial charge in [0.05, 0.1) is 18.5 Å². The molecule has 0 radical (unpaired) electrons. The quantitative estimate of drug-likeness (QED) is 0.885. The average Bonchev–Trinajstić information content (AvgIpc) is 3.13. The lowest BCUT2D eigenvalue weighted by atomic mass is 9.90. The topological polar surface area (TPSA) is 67.6 Å². The summed E-state index contributed by atoms with van der Waals surface area (Å²) in [5.74, 6) is 0.583. The highest BCUT2D eigenvalue weighted by Gasteiger charge is 2.34. The molecule has 1 N–H and O–H groups in total. The Morgan fingerprint density at radius 2 is 2.24 bits per heavy atom. The van der Waals surface area contributed by atoms with Crippen molar-refractivity contribution in [3.63, 3.8) is 0 Å². The second kappa shape index (κ2) is 6.15. The van der Waals surface area contributed by atoms with Crippen LogP contribution in [0.25, 0.3) is 0 Å². The minimum Gasteiger partial charge on any atom is -0.388 e. The predicted molar refractivity (Wildman–Crippen MR) is 76.5 cm³/mol. The number of ether oxygens (including phenoxy) is 1. The first-order valence-electron chi connectivity index (χ1n) is 7.68. The van der Waals surface area contributed by atoms with Gasteiger partial charge >= 0.3 is 0 Å². The van der Waals surface area contributed by atoms with E-state index in [1.165, 1.54) is 0 Å². The number of hydrogen-bond acceptors (Lipinski definition) is 4. The number of piperidine rings is 1. The van der Waals surface area contributed by atoms with Gasteiger partial charge in [0.15, 0.2) is 0 Å². The third-order valence-electron chi connectivity index (χ3n) is 4.57. The fraction of sp³-hybridized carbons (Fsp3) is 0.733. The zero-order chi connectivity index (χ0) is 14.7. The van der Waals surface area contributed by atoms with Gasteiger partial charge in [0.25, 0.3) is 0 Å². The van der Waals surface area contributed by atoms with E-state index in [1.807, 2.05) is 15.7 Å². The fourth-order valence-corrected chi connectivity index (χ4v) is 3.17. The Morgan fingerprint density at radius 1 is 1.43 bits per heavy atom. The molecule has 1 aromatic heterocycles. The molecule has 2 aliphatic rings. The molecule has 0 bridgehead atoms. The molecule has 1 aromatic rings. The van der Waals surface area contributed by atoms with Crippen LogP contribution >= 0.6 is 0 Å². The first kappa shape index (κ1) is 14.5. The number of hydrogen-bond donors (Lipinski definition) is 1. The van der Waals surface area contributed by atoms with Crippen molar-refractivity contribution in [1.29, 1.82) is 0 Å². The number of imidazole rings is 1. The molecule has 6 nitrogen and oxygen atoms in total. The monoisotopic (exact) mass is 293 g/mol. The van der Waals surface area contributed by atoms with Crippen molar-refractivity contribution in [2.75, 3.05) is 26.3 Å². The number of amides is 1. The van der Waals surface area contributed by atoms with Crippen LogP contribution in [0.5, 0.6) is 0 Å². The zero-order valence-electron chi connectivity index (χ0n) is 12.3. The molecule has 0 saturated carbocycles. The van der Waals surface area contributed by atoms with Gasteiger partial charge in [0.2, 0.25) is 5.91 Å². The van der Waals surface area contributed by atoms with Crippen molar-refractivity contribution >= 4 is 5.91 Å². The summed E-state index contributed by atoms with van der Waals surface area (Å²) in [6.07, 6.45) is 8.11. The highest BCUT2D eigenvalue weighted by molar-refractivity contribution is 5.76. The average molecular weight is 293 g/mol. The van der Waals surface area contributed by atoms with E-state index in [4.69, 9.17) is 4.74 Å². The summed E-state index contributed by atoms with van der Waals surface area (Å²) in [5.41, 5.74) is -0.728. The summed E-state index contributed by atoms with van der Waals surface area (Å²) in [5, 5.41) is 10.6. The van der Waals surface area contributed by atoms with Gasteiger partial charge in [0.1, 0.15) is 0 Å². The first-order valence-corrected chi connectivity index (χ1v) is 7.68. The standard InChI is InChI=1S/C15H23N3O3/c19-14(9-13-1-8-21-10-13)18-5-2-15(20,3-6-18)11-17-7-4-16-12-17/h4,7,12-13,20H,1-3,5-6,8-11H2/t13-/m0/s1. The molecule has 6 heteroatoms. The summed E-state index contributed by atoms with van der Waals surface area (Å²) in [6.45, 7) is 3.31. The van der Waals surface area contributed by atoms with Crippen LogP contribution in [0.2, 0.25) is 0 Å². The van der Waals surface area contributed by atoms with Gasteiger partial charge in [-0.25, -0.2) is 4.98 Å². The van der Waals surface area contributed by atoms with Gasteiger partial charge in [-0.05, 0) is 25.2 Å². The Bertz CT molecular complexity index is 461. The molecule has 1 amide bonds. The third kappa shape index (κ3) is 3.63. The number of carbonyl (C=O) groups excluding carboxylic acids is 1. The lowest BCUT2D eigenvalue weighted by Crippen LogP contribution is -2.48. The van der Waals surface area contributed by atoms with Crippen LogP contribution in [0.4, 0.5) is 0 Å². The van der Waals surface area contributed by atoms with Gasteiger partial charge in [-0.3, -0.25) is 4.79 Å². The number of nitrogens with zero attached hydrogens (tertiary/aromatic N) is 3.